The second kappa shape index (κ2) is 7.51. The quantitative estimate of drug-likeness (QED) is 0.458. The summed E-state index contributed by atoms with van der Waals surface area (Å²) in [4.78, 5) is 22.7. The zero-order chi connectivity index (χ0) is 19.6. The molecule has 27 heavy (non-hydrogen) atoms. The van der Waals surface area contributed by atoms with E-state index in [9.17, 15) is 15.0 Å². The van der Waals surface area contributed by atoms with Crippen LogP contribution in [0.3, 0.4) is 0 Å². The van der Waals surface area contributed by atoms with Crippen molar-refractivity contribution in [2.75, 3.05) is 6.61 Å². The number of nitrogens with one attached hydrogen (secondary N) is 1. The number of phenolic OH excluding ortho intramolecular Hbond substituents is 2. The summed E-state index contributed by atoms with van der Waals surface area (Å²) in [5.41, 5.74) is 1.28. The molecular formula is C19H20N4O4. The van der Waals surface area contributed by atoms with Gasteiger partial charge in [0.2, 0.25) is 5.69 Å². The number of aromatic hydroxyl groups is 2. The highest BCUT2D eigenvalue weighted by Gasteiger charge is 2.22. The Morgan fingerprint density at radius 2 is 2.00 bits per heavy atom. The summed E-state index contributed by atoms with van der Waals surface area (Å²) in [5.74, 6) is -0.273. The molecule has 0 spiro atoms. The number of rotatable bonds is 6. The van der Waals surface area contributed by atoms with Gasteiger partial charge >= 0.3 is 0 Å². The molecule has 0 aliphatic heterocycles. The average Bonchev–Trinajstić information content (AvgIpc) is 2.92. The monoisotopic (exact) mass is 368 g/mol. The lowest BCUT2D eigenvalue weighted by molar-refractivity contribution is 0.0751. The zero-order valence-electron chi connectivity index (χ0n) is 15.1. The van der Waals surface area contributed by atoms with Crippen molar-refractivity contribution in [3.63, 3.8) is 0 Å². The predicted octanol–water partition coefficient (Wildman–Crippen LogP) is 3.17. The Morgan fingerprint density at radius 1 is 1.30 bits per heavy atom. The Bertz CT molecular complexity index is 1060. The summed E-state index contributed by atoms with van der Waals surface area (Å²) >= 11 is 0. The second-order valence-electron chi connectivity index (χ2n) is 6.40. The minimum absolute atomic E-state index is 0.0952. The maximum Gasteiger partial charge on any atom is 0.273 e. The predicted molar refractivity (Wildman–Crippen MR) is 101 cm³/mol. The van der Waals surface area contributed by atoms with Gasteiger partial charge < -0.3 is 24.5 Å². The van der Waals surface area contributed by atoms with E-state index in [2.05, 4.69) is 14.8 Å². The van der Waals surface area contributed by atoms with Gasteiger partial charge in [0.15, 0.2) is 0 Å². The van der Waals surface area contributed by atoms with Crippen LogP contribution >= 0.6 is 0 Å². The number of fused-ring (bicyclic) bond motifs is 1. The number of aryl methyl sites for hydroxylation is 1. The fraction of sp³-hybridized carbons (Fsp3) is 0.316. The molecule has 0 unspecified atom stereocenters. The van der Waals surface area contributed by atoms with Gasteiger partial charge in [0.1, 0.15) is 22.5 Å². The van der Waals surface area contributed by atoms with Crippen molar-refractivity contribution < 1.29 is 14.9 Å². The SMILES string of the molecule is [C-]#[N+]c1c(-c2cc(O)cc(O)c2)n(CCCOC(C)C)c2c(=O)[nH]cnc12. The molecule has 3 aromatic rings. The third kappa shape index (κ3) is 3.64. The second-order valence-corrected chi connectivity index (χ2v) is 6.40. The maximum atomic E-state index is 12.4. The van der Waals surface area contributed by atoms with Gasteiger partial charge in [0.25, 0.3) is 5.56 Å². The van der Waals surface area contributed by atoms with Crippen LogP contribution in [0.5, 0.6) is 11.5 Å². The molecule has 0 fully saturated rings. The number of H-pyrrole nitrogens is 1. The van der Waals surface area contributed by atoms with E-state index in [4.69, 9.17) is 11.3 Å². The lowest BCUT2D eigenvalue weighted by Crippen LogP contribution is -2.14. The lowest BCUT2D eigenvalue weighted by Gasteiger charge is -2.13. The maximum absolute atomic E-state index is 12.4. The van der Waals surface area contributed by atoms with E-state index in [1.807, 2.05) is 13.8 Å². The molecule has 0 aliphatic rings. The molecule has 8 heteroatoms. The highest BCUT2D eigenvalue weighted by molar-refractivity contribution is 5.99. The van der Waals surface area contributed by atoms with Crippen molar-refractivity contribution in [3.8, 4) is 22.8 Å². The van der Waals surface area contributed by atoms with Gasteiger partial charge in [0, 0.05) is 19.2 Å². The molecular weight excluding hydrogens is 348 g/mol. The molecule has 0 radical (unpaired) electrons. The zero-order valence-corrected chi connectivity index (χ0v) is 15.1. The number of nitrogens with zero attached hydrogens (tertiary/aromatic N) is 3. The van der Waals surface area contributed by atoms with Gasteiger partial charge in [0.05, 0.1) is 24.7 Å². The smallest absolute Gasteiger partial charge is 0.273 e. The third-order valence-electron chi connectivity index (χ3n) is 4.08. The molecule has 0 saturated carbocycles. The Hall–Kier alpha value is -3.31. The number of aromatic amines is 1. The summed E-state index contributed by atoms with van der Waals surface area (Å²) in [6.45, 7) is 12.4. The van der Waals surface area contributed by atoms with Gasteiger partial charge in [-0.2, -0.15) is 0 Å². The van der Waals surface area contributed by atoms with Crippen molar-refractivity contribution >= 4 is 16.7 Å². The molecule has 0 aliphatic carbocycles. The fourth-order valence-electron chi connectivity index (χ4n) is 3.06. The number of phenols is 2. The highest BCUT2D eigenvalue weighted by atomic mass is 16.5. The van der Waals surface area contributed by atoms with Crippen LogP contribution < -0.4 is 5.56 Å². The third-order valence-corrected chi connectivity index (χ3v) is 4.08. The Morgan fingerprint density at radius 3 is 2.63 bits per heavy atom. The lowest BCUT2D eigenvalue weighted by atomic mass is 10.1. The Labute approximate surface area is 155 Å². The van der Waals surface area contributed by atoms with Crippen LogP contribution in [0.1, 0.15) is 20.3 Å². The van der Waals surface area contributed by atoms with E-state index < -0.39 is 0 Å². The highest BCUT2D eigenvalue weighted by Crippen LogP contribution is 2.40. The van der Waals surface area contributed by atoms with Crippen molar-refractivity contribution in [1.82, 2.24) is 14.5 Å². The topological polar surface area (TPSA) is 105 Å². The molecule has 0 bridgehead atoms. The standard InChI is InChI=1S/C19H20N4O4/c1-11(2)27-6-4-5-23-17(12-7-13(24)9-14(25)8-12)15(20-3)16-18(23)19(26)22-10-21-16/h7-11,24-25H,4-6H2,1-2H3,(H,21,22,26). The van der Waals surface area contributed by atoms with Gasteiger partial charge in [-0.25, -0.2) is 9.83 Å². The Balaban J connectivity index is 2.21. The first-order chi connectivity index (χ1) is 12.9. The first kappa shape index (κ1) is 18.5. The van der Waals surface area contributed by atoms with Crippen molar-refractivity contribution in [2.24, 2.45) is 0 Å². The van der Waals surface area contributed by atoms with Gasteiger partial charge in [-0.3, -0.25) is 4.79 Å². The van der Waals surface area contributed by atoms with Crippen molar-refractivity contribution in [3.05, 3.63) is 46.3 Å². The van der Waals surface area contributed by atoms with Gasteiger partial charge in [-0.05, 0) is 38.0 Å². The first-order valence-electron chi connectivity index (χ1n) is 8.54. The minimum Gasteiger partial charge on any atom is -0.508 e. The minimum atomic E-state index is -0.356. The van der Waals surface area contributed by atoms with Gasteiger partial charge in [-0.1, -0.05) is 0 Å². The van der Waals surface area contributed by atoms with E-state index in [1.165, 1.54) is 24.5 Å². The molecule has 2 aromatic heterocycles. The van der Waals surface area contributed by atoms with Gasteiger partial charge in [-0.15, -0.1) is 0 Å². The fourth-order valence-corrected chi connectivity index (χ4v) is 3.06. The van der Waals surface area contributed by atoms with Crippen LogP contribution in [0.2, 0.25) is 0 Å². The summed E-state index contributed by atoms with van der Waals surface area (Å²) in [6.07, 6.45) is 1.97. The van der Waals surface area contributed by atoms with E-state index in [1.54, 1.807) is 4.57 Å². The number of benzene rings is 1. The Kier molecular flexibility index (Phi) is 5.14. The summed E-state index contributed by atoms with van der Waals surface area (Å²) in [7, 11) is 0. The normalized spacial score (nSPS) is 11.2. The largest absolute Gasteiger partial charge is 0.508 e. The number of aromatic nitrogens is 3. The van der Waals surface area contributed by atoms with Crippen LogP contribution in [0.15, 0.2) is 29.3 Å². The van der Waals surface area contributed by atoms with Crippen LogP contribution in [0.25, 0.3) is 27.1 Å². The number of hydrogen-bond acceptors (Lipinski definition) is 5. The van der Waals surface area contributed by atoms with E-state index in [0.717, 1.165) is 0 Å². The van der Waals surface area contributed by atoms with Crippen LogP contribution in [0.4, 0.5) is 5.69 Å². The molecule has 3 rings (SSSR count). The number of ether oxygens (including phenoxy) is 1. The summed E-state index contributed by atoms with van der Waals surface area (Å²) in [6, 6.07) is 4.09. The average molecular weight is 368 g/mol. The molecule has 0 saturated heterocycles. The van der Waals surface area contributed by atoms with E-state index >= 15 is 0 Å². The van der Waals surface area contributed by atoms with Crippen molar-refractivity contribution in [2.45, 2.75) is 32.9 Å². The molecule has 1 aromatic carbocycles. The summed E-state index contributed by atoms with van der Waals surface area (Å²) in [5, 5.41) is 19.7. The van der Waals surface area contributed by atoms with Crippen LogP contribution in [-0.4, -0.2) is 37.5 Å². The summed E-state index contributed by atoms with van der Waals surface area (Å²) < 4.78 is 7.27. The molecule has 0 atom stereocenters. The van der Waals surface area contributed by atoms with E-state index in [0.29, 0.717) is 30.8 Å². The van der Waals surface area contributed by atoms with Crippen LogP contribution in [-0.2, 0) is 11.3 Å². The first-order valence-corrected chi connectivity index (χ1v) is 8.54. The molecule has 0 amide bonds. The van der Waals surface area contributed by atoms with E-state index in [-0.39, 0.29) is 39.9 Å². The van der Waals surface area contributed by atoms with Crippen molar-refractivity contribution in [1.29, 1.82) is 0 Å². The van der Waals surface area contributed by atoms with Crippen LogP contribution in [0, 0.1) is 6.57 Å². The molecule has 2 heterocycles. The molecule has 140 valence electrons. The number of hydrogen-bond donors (Lipinski definition) is 3. The molecule has 8 nitrogen and oxygen atoms in total. The molecule has 3 N–H and O–H groups in total.